The van der Waals surface area contributed by atoms with Crippen LogP contribution in [0.3, 0.4) is 0 Å². The van der Waals surface area contributed by atoms with Crippen LogP contribution in [0.2, 0.25) is 0 Å². The highest BCUT2D eigenvalue weighted by Crippen LogP contribution is 2.39. The van der Waals surface area contributed by atoms with Gasteiger partial charge in [0.05, 0.1) is 7.11 Å². The van der Waals surface area contributed by atoms with Crippen LogP contribution in [0.5, 0.6) is 17.4 Å². The fourth-order valence-electron chi connectivity index (χ4n) is 2.49. The summed E-state index contributed by atoms with van der Waals surface area (Å²) in [5.74, 6) is 0.512. The number of methoxy groups -OCH3 is 1. The molecule has 154 valence electrons. The first-order chi connectivity index (χ1) is 13.2. The van der Waals surface area contributed by atoms with Crippen LogP contribution in [0, 0.1) is 0 Å². The molecule has 28 heavy (non-hydrogen) atoms. The van der Waals surface area contributed by atoms with Gasteiger partial charge in [-0.3, -0.25) is 0 Å². The molecule has 0 amide bonds. The van der Waals surface area contributed by atoms with E-state index >= 15 is 0 Å². The Morgan fingerprint density at radius 1 is 1.18 bits per heavy atom. The number of hydrogen-bond acceptors (Lipinski definition) is 6. The van der Waals surface area contributed by atoms with Crippen LogP contribution >= 0.6 is 15.9 Å². The van der Waals surface area contributed by atoms with Gasteiger partial charge in [-0.05, 0) is 40.9 Å². The van der Waals surface area contributed by atoms with Gasteiger partial charge in [0.1, 0.15) is 27.9 Å². The predicted octanol–water partition coefficient (Wildman–Crippen LogP) is 5.42. The van der Waals surface area contributed by atoms with Gasteiger partial charge in [0.15, 0.2) is 5.82 Å². The Bertz CT molecular complexity index is 815. The van der Waals surface area contributed by atoms with Gasteiger partial charge in [-0.25, -0.2) is 9.97 Å². The first kappa shape index (κ1) is 22.1. The zero-order valence-corrected chi connectivity index (χ0v) is 17.4. The highest BCUT2D eigenvalue weighted by Gasteiger charge is 2.31. The average Bonchev–Trinajstić information content (AvgIpc) is 2.65. The molecule has 0 spiro atoms. The smallest absolute Gasteiger partial charge is 0.496 e. The molecular weight excluding hydrogens is 443 g/mol. The SMILES string of the molecule is CCC(CC)Oc1nc(Br)c(-c2ccc(OC(F)(F)F)cc2OC)nc1NC. The molecule has 0 fully saturated rings. The molecule has 1 heterocycles. The standard InChI is InChI=1S/C18H21BrF3N3O3/c1-5-10(6-2)27-17-16(23-3)24-14(15(19)25-17)12-8-7-11(9-13(12)26-4)28-18(20,21)22/h7-10H,5-6H2,1-4H3,(H,23,24). The Morgan fingerprint density at radius 2 is 1.86 bits per heavy atom. The van der Waals surface area contributed by atoms with Crippen molar-refractivity contribution < 1.29 is 27.4 Å². The number of nitrogens with one attached hydrogen (secondary N) is 1. The summed E-state index contributed by atoms with van der Waals surface area (Å²) in [6, 6.07) is 3.76. The lowest BCUT2D eigenvalue weighted by Crippen LogP contribution is -2.17. The third kappa shape index (κ3) is 5.40. The molecule has 6 nitrogen and oxygen atoms in total. The molecule has 0 aliphatic carbocycles. The number of nitrogens with zero attached hydrogens (tertiary/aromatic N) is 2. The van der Waals surface area contributed by atoms with Gasteiger partial charge in [0.2, 0.25) is 0 Å². The van der Waals surface area contributed by atoms with Gasteiger partial charge in [-0.15, -0.1) is 13.2 Å². The number of anilines is 1. The summed E-state index contributed by atoms with van der Waals surface area (Å²) in [5.41, 5.74) is 0.832. The van der Waals surface area contributed by atoms with Crippen molar-refractivity contribution in [3.63, 3.8) is 0 Å². The summed E-state index contributed by atoms with van der Waals surface area (Å²) in [6.45, 7) is 4.03. The first-order valence-electron chi connectivity index (χ1n) is 8.58. The van der Waals surface area contributed by atoms with Crippen LogP contribution < -0.4 is 19.5 Å². The van der Waals surface area contributed by atoms with Crippen LogP contribution in [0.4, 0.5) is 19.0 Å². The minimum atomic E-state index is -4.79. The van der Waals surface area contributed by atoms with E-state index in [1.165, 1.54) is 19.2 Å². The lowest BCUT2D eigenvalue weighted by Gasteiger charge is -2.18. The quantitative estimate of drug-likeness (QED) is 0.563. The Morgan fingerprint density at radius 3 is 2.39 bits per heavy atom. The van der Waals surface area contributed by atoms with E-state index in [1.807, 2.05) is 13.8 Å². The minimum absolute atomic E-state index is 0.00696. The van der Waals surface area contributed by atoms with Crippen molar-refractivity contribution in [2.75, 3.05) is 19.5 Å². The summed E-state index contributed by atoms with van der Waals surface area (Å²) in [7, 11) is 3.03. The molecule has 0 radical (unpaired) electrons. The van der Waals surface area contributed by atoms with Crippen molar-refractivity contribution >= 4 is 21.7 Å². The molecule has 2 aromatic rings. The lowest BCUT2D eigenvalue weighted by molar-refractivity contribution is -0.274. The zero-order valence-electron chi connectivity index (χ0n) is 15.9. The average molecular weight is 464 g/mol. The molecule has 0 bridgehead atoms. The second kappa shape index (κ2) is 9.31. The van der Waals surface area contributed by atoms with E-state index in [0.29, 0.717) is 27.6 Å². The Hall–Kier alpha value is -2.23. The first-order valence-corrected chi connectivity index (χ1v) is 9.37. The van der Waals surface area contributed by atoms with Crippen LogP contribution in [0.15, 0.2) is 22.8 Å². The second-order valence-corrected chi connectivity index (χ2v) is 6.48. The number of benzene rings is 1. The van der Waals surface area contributed by atoms with Crippen LogP contribution in [0.25, 0.3) is 11.3 Å². The van der Waals surface area contributed by atoms with Crippen LogP contribution in [-0.2, 0) is 0 Å². The molecule has 1 N–H and O–H groups in total. The van der Waals surface area contributed by atoms with E-state index in [0.717, 1.165) is 18.9 Å². The third-order valence-electron chi connectivity index (χ3n) is 3.91. The van der Waals surface area contributed by atoms with Crippen molar-refractivity contribution in [1.29, 1.82) is 0 Å². The second-order valence-electron chi connectivity index (χ2n) is 5.73. The van der Waals surface area contributed by atoms with E-state index in [-0.39, 0.29) is 17.6 Å². The summed E-state index contributed by atoms with van der Waals surface area (Å²) < 4.78 is 52.8. The van der Waals surface area contributed by atoms with E-state index in [2.05, 4.69) is 36.0 Å². The molecule has 0 saturated carbocycles. The number of ether oxygens (including phenoxy) is 3. The van der Waals surface area contributed by atoms with Crippen molar-refractivity contribution in [3.8, 4) is 28.6 Å². The molecule has 0 atom stereocenters. The molecule has 0 aliphatic heterocycles. The Labute approximate surface area is 169 Å². The van der Waals surface area contributed by atoms with Crippen LogP contribution in [0.1, 0.15) is 26.7 Å². The van der Waals surface area contributed by atoms with Crippen molar-refractivity contribution in [2.24, 2.45) is 0 Å². The molecule has 0 saturated heterocycles. The van der Waals surface area contributed by atoms with Gasteiger partial charge in [-0.2, -0.15) is 0 Å². The summed E-state index contributed by atoms with van der Waals surface area (Å²) in [5, 5.41) is 2.93. The van der Waals surface area contributed by atoms with Crippen molar-refractivity contribution in [2.45, 2.75) is 39.2 Å². The monoisotopic (exact) mass is 463 g/mol. The molecule has 0 unspecified atom stereocenters. The largest absolute Gasteiger partial charge is 0.573 e. The fourth-order valence-corrected chi connectivity index (χ4v) is 2.96. The Balaban J connectivity index is 2.47. The number of halogens is 4. The van der Waals surface area contributed by atoms with Gasteiger partial charge < -0.3 is 19.5 Å². The summed E-state index contributed by atoms with van der Waals surface area (Å²) >= 11 is 3.36. The minimum Gasteiger partial charge on any atom is -0.496 e. The predicted molar refractivity (Wildman–Crippen MR) is 103 cm³/mol. The van der Waals surface area contributed by atoms with E-state index in [4.69, 9.17) is 9.47 Å². The van der Waals surface area contributed by atoms with Gasteiger partial charge in [-0.1, -0.05) is 13.8 Å². The maximum atomic E-state index is 12.5. The zero-order chi connectivity index (χ0) is 20.9. The van der Waals surface area contributed by atoms with Gasteiger partial charge in [0, 0.05) is 18.7 Å². The topological polar surface area (TPSA) is 65.5 Å². The molecular formula is C18H21BrF3N3O3. The number of alkyl halides is 3. The van der Waals surface area contributed by atoms with Crippen molar-refractivity contribution in [3.05, 3.63) is 22.8 Å². The highest BCUT2D eigenvalue weighted by atomic mass is 79.9. The van der Waals surface area contributed by atoms with Crippen LogP contribution in [-0.4, -0.2) is 36.6 Å². The number of hydrogen-bond donors (Lipinski definition) is 1. The van der Waals surface area contributed by atoms with Gasteiger partial charge >= 0.3 is 6.36 Å². The maximum Gasteiger partial charge on any atom is 0.573 e. The summed E-state index contributed by atoms with van der Waals surface area (Å²) in [4.78, 5) is 8.92. The lowest BCUT2D eigenvalue weighted by atomic mass is 10.1. The van der Waals surface area contributed by atoms with E-state index < -0.39 is 6.36 Å². The Kier molecular flexibility index (Phi) is 7.34. The molecule has 10 heteroatoms. The number of aromatic nitrogens is 2. The molecule has 2 rings (SSSR count). The molecule has 0 aliphatic rings. The normalized spacial score (nSPS) is 11.5. The van der Waals surface area contributed by atoms with E-state index in [1.54, 1.807) is 7.05 Å². The third-order valence-corrected chi connectivity index (χ3v) is 4.46. The van der Waals surface area contributed by atoms with Crippen molar-refractivity contribution in [1.82, 2.24) is 9.97 Å². The molecule has 1 aromatic carbocycles. The van der Waals surface area contributed by atoms with E-state index in [9.17, 15) is 13.2 Å². The molecule has 1 aromatic heterocycles. The summed E-state index contributed by atoms with van der Waals surface area (Å²) in [6.07, 6.45) is -3.17. The fraction of sp³-hybridized carbons (Fsp3) is 0.444. The highest BCUT2D eigenvalue weighted by molar-refractivity contribution is 9.10. The maximum absolute atomic E-state index is 12.5. The number of rotatable bonds is 8. The van der Waals surface area contributed by atoms with Gasteiger partial charge in [0.25, 0.3) is 5.88 Å².